The lowest BCUT2D eigenvalue weighted by Crippen LogP contribution is -2.50. The fraction of sp³-hybridized carbons (Fsp3) is 1.00. The third kappa shape index (κ3) is 4.13. The van der Waals surface area contributed by atoms with Crippen molar-refractivity contribution in [1.29, 1.82) is 0 Å². The van der Waals surface area contributed by atoms with Crippen molar-refractivity contribution in [2.75, 3.05) is 33.4 Å². The number of halogens is 2. The van der Waals surface area contributed by atoms with Crippen LogP contribution in [-0.2, 0) is 14.8 Å². The van der Waals surface area contributed by atoms with Crippen LogP contribution in [0.2, 0.25) is 0 Å². The lowest BCUT2D eigenvalue weighted by Gasteiger charge is -2.37. The molecule has 1 fully saturated rings. The van der Waals surface area contributed by atoms with E-state index in [0.717, 1.165) is 19.4 Å². The summed E-state index contributed by atoms with van der Waals surface area (Å²) in [6.07, 6.45) is 1.62. The Kier molecular flexibility index (Phi) is 5.23. The summed E-state index contributed by atoms with van der Waals surface area (Å²) in [4.78, 5) is 0. The van der Waals surface area contributed by atoms with E-state index < -0.39 is 21.2 Å². The first-order valence-corrected chi connectivity index (χ1v) is 6.93. The quantitative estimate of drug-likeness (QED) is 0.722. The molecule has 1 atom stereocenters. The second kappa shape index (κ2) is 6.03. The van der Waals surface area contributed by atoms with E-state index in [-0.39, 0.29) is 6.54 Å². The molecule has 1 rings (SSSR count). The Morgan fingerprint density at radius 3 is 2.71 bits per heavy atom. The standard InChI is InChI=1S/C9H18F2N2O3S/c1-16-7-9(3-2-4-12-5-9)6-13-17(14,15)8(10)11/h8,12-13H,2-7H2,1H3. The van der Waals surface area contributed by atoms with Gasteiger partial charge < -0.3 is 10.1 Å². The van der Waals surface area contributed by atoms with E-state index >= 15 is 0 Å². The maximum absolute atomic E-state index is 12.2. The zero-order chi connectivity index (χ0) is 12.9. The molecule has 0 saturated carbocycles. The van der Waals surface area contributed by atoms with Gasteiger partial charge in [-0.25, -0.2) is 13.1 Å². The topological polar surface area (TPSA) is 67.4 Å². The van der Waals surface area contributed by atoms with E-state index in [1.165, 1.54) is 7.11 Å². The summed E-state index contributed by atoms with van der Waals surface area (Å²) in [6, 6.07) is 0. The molecule has 0 aromatic carbocycles. The maximum Gasteiger partial charge on any atom is 0.350 e. The van der Waals surface area contributed by atoms with Gasteiger partial charge in [0.1, 0.15) is 0 Å². The molecule has 0 aromatic heterocycles. The van der Waals surface area contributed by atoms with Crippen molar-refractivity contribution in [2.24, 2.45) is 5.41 Å². The lowest BCUT2D eigenvalue weighted by molar-refractivity contribution is 0.0617. The highest BCUT2D eigenvalue weighted by Gasteiger charge is 2.35. The smallest absolute Gasteiger partial charge is 0.350 e. The van der Waals surface area contributed by atoms with Gasteiger partial charge in [-0.15, -0.1) is 0 Å². The predicted molar refractivity (Wildman–Crippen MR) is 59.3 cm³/mol. The zero-order valence-corrected chi connectivity index (χ0v) is 10.5. The van der Waals surface area contributed by atoms with Crippen LogP contribution in [0.1, 0.15) is 12.8 Å². The Bertz CT molecular complexity index is 324. The Morgan fingerprint density at radius 2 is 2.24 bits per heavy atom. The van der Waals surface area contributed by atoms with E-state index in [1.54, 1.807) is 0 Å². The van der Waals surface area contributed by atoms with E-state index in [9.17, 15) is 17.2 Å². The van der Waals surface area contributed by atoms with E-state index in [0.29, 0.717) is 13.2 Å². The molecule has 0 spiro atoms. The highest BCUT2D eigenvalue weighted by Crippen LogP contribution is 2.26. The molecule has 0 amide bonds. The van der Waals surface area contributed by atoms with Crippen molar-refractivity contribution in [1.82, 2.24) is 10.0 Å². The molecule has 0 aliphatic carbocycles. The van der Waals surface area contributed by atoms with Crippen molar-refractivity contribution in [3.8, 4) is 0 Å². The number of hydrogen-bond acceptors (Lipinski definition) is 4. The highest BCUT2D eigenvalue weighted by molar-refractivity contribution is 7.89. The summed E-state index contributed by atoms with van der Waals surface area (Å²) in [5, 5.41) is 3.12. The van der Waals surface area contributed by atoms with Crippen LogP contribution < -0.4 is 10.0 Å². The van der Waals surface area contributed by atoms with Gasteiger partial charge in [0, 0.05) is 25.6 Å². The molecule has 8 heteroatoms. The van der Waals surface area contributed by atoms with Gasteiger partial charge >= 0.3 is 5.76 Å². The number of ether oxygens (including phenoxy) is 1. The highest BCUT2D eigenvalue weighted by atomic mass is 32.2. The van der Waals surface area contributed by atoms with Gasteiger partial charge in [-0.3, -0.25) is 0 Å². The summed E-state index contributed by atoms with van der Waals surface area (Å²) in [5.74, 6) is -3.39. The molecule has 1 heterocycles. The maximum atomic E-state index is 12.2. The molecule has 102 valence electrons. The number of hydrogen-bond donors (Lipinski definition) is 2. The Morgan fingerprint density at radius 1 is 1.53 bits per heavy atom. The van der Waals surface area contributed by atoms with Gasteiger partial charge in [-0.05, 0) is 19.4 Å². The lowest BCUT2D eigenvalue weighted by atomic mass is 9.81. The first-order chi connectivity index (χ1) is 7.92. The van der Waals surface area contributed by atoms with Crippen molar-refractivity contribution in [2.45, 2.75) is 18.6 Å². The monoisotopic (exact) mass is 272 g/mol. The first kappa shape index (κ1) is 14.7. The van der Waals surface area contributed by atoms with Crippen LogP contribution in [0.3, 0.4) is 0 Å². The van der Waals surface area contributed by atoms with Gasteiger partial charge in [0.15, 0.2) is 0 Å². The minimum atomic E-state index is -4.52. The fourth-order valence-corrected chi connectivity index (χ4v) is 2.61. The fourth-order valence-electron chi connectivity index (χ4n) is 1.98. The normalized spacial score (nSPS) is 26.4. The Labute approximate surface area is 100.0 Å². The third-order valence-corrected chi connectivity index (χ3v) is 3.91. The van der Waals surface area contributed by atoms with E-state index in [2.05, 4.69) is 5.32 Å². The average Bonchev–Trinajstić information content (AvgIpc) is 2.28. The molecular formula is C9H18F2N2O3S. The Balaban J connectivity index is 2.61. The number of nitrogens with one attached hydrogen (secondary N) is 2. The first-order valence-electron chi connectivity index (χ1n) is 5.38. The summed E-state index contributed by atoms with van der Waals surface area (Å²) in [7, 11) is -3.01. The van der Waals surface area contributed by atoms with Crippen molar-refractivity contribution in [3.63, 3.8) is 0 Å². The number of piperidine rings is 1. The van der Waals surface area contributed by atoms with Crippen molar-refractivity contribution in [3.05, 3.63) is 0 Å². The molecule has 0 bridgehead atoms. The van der Waals surface area contributed by atoms with Gasteiger partial charge in [0.2, 0.25) is 0 Å². The van der Waals surface area contributed by atoms with Gasteiger partial charge in [0.05, 0.1) is 6.61 Å². The van der Waals surface area contributed by atoms with Crippen molar-refractivity contribution >= 4 is 10.0 Å². The second-order valence-corrected chi connectivity index (χ2v) is 6.08. The summed E-state index contributed by atoms with van der Waals surface area (Å²) < 4.78 is 53.4. The molecule has 0 radical (unpaired) electrons. The minimum absolute atomic E-state index is 0.0273. The minimum Gasteiger partial charge on any atom is -0.384 e. The van der Waals surface area contributed by atoms with Crippen LogP contribution in [0, 0.1) is 5.41 Å². The summed E-state index contributed by atoms with van der Waals surface area (Å²) in [6.45, 7) is 1.73. The SMILES string of the molecule is COCC1(CNS(=O)(=O)C(F)F)CCCNC1. The van der Waals surface area contributed by atoms with Crippen molar-refractivity contribution < 1.29 is 21.9 Å². The number of methoxy groups -OCH3 is 1. The molecular weight excluding hydrogens is 254 g/mol. The van der Waals surface area contributed by atoms with Crippen LogP contribution in [0.15, 0.2) is 0 Å². The summed E-state index contributed by atoms with van der Waals surface area (Å²) >= 11 is 0. The Hall–Kier alpha value is -0.310. The molecule has 1 saturated heterocycles. The molecule has 0 aromatic rings. The number of sulfonamides is 1. The molecule has 17 heavy (non-hydrogen) atoms. The molecule has 2 N–H and O–H groups in total. The zero-order valence-electron chi connectivity index (χ0n) is 9.71. The molecule has 1 aliphatic heterocycles. The van der Waals surface area contributed by atoms with Gasteiger partial charge in [0.25, 0.3) is 10.0 Å². The number of alkyl halides is 2. The molecule has 1 unspecified atom stereocenters. The second-order valence-electron chi connectivity index (χ2n) is 4.34. The largest absolute Gasteiger partial charge is 0.384 e. The van der Waals surface area contributed by atoms with E-state index in [1.807, 2.05) is 4.72 Å². The van der Waals surface area contributed by atoms with Gasteiger partial charge in [-0.1, -0.05) is 0 Å². The summed E-state index contributed by atoms with van der Waals surface area (Å²) in [5.41, 5.74) is -0.436. The van der Waals surface area contributed by atoms with E-state index in [4.69, 9.17) is 4.74 Å². The number of rotatable bonds is 6. The van der Waals surface area contributed by atoms with Crippen LogP contribution >= 0.6 is 0 Å². The van der Waals surface area contributed by atoms with Crippen LogP contribution in [0.5, 0.6) is 0 Å². The molecule has 1 aliphatic rings. The van der Waals surface area contributed by atoms with Gasteiger partial charge in [-0.2, -0.15) is 8.78 Å². The average molecular weight is 272 g/mol. The van der Waals surface area contributed by atoms with Crippen LogP contribution in [0.4, 0.5) is 8.78 Å². The molecule has 5 nitrogen and oxygen atoms in total. The van der Waals surface area contributed by atoms with Crippen LogP contribution in [0.25, 0.3) is 0 Å². The third-order valence-electron chi connectivity index (χ3n) is 2.89. The van der Waals surface area contributed by atoms with Crippen LogP contribution in [-0.4, -0.2) is 47.5 Å². The predicted octanol–water partition coefficient (Wildman–Crippen LogP) is 0.145.